The summed E-state index contributed by atoms with van der Waals surface area (Å²) < 4.78 is 133. The molecule has 6 aromatic carbocycles. The zero-order valence-electron chi connectivity index (χ0n) is 33.4. The summed E-state index contributed by atoms with van der Waals surface area (Å²) in [5.41, 5.74) is -1.24. The Morgan fingerprint density at radius 1 is 0.390 bits per heavy atom. The van der Waals surface area contributed by atoms with Crippen molar-refractivity contribution in [1.82, 2.24) is 0 Å². The normalized spacial score (nSPS) is 12.2. The fourth-order valence-corrected chi connectivity index (χ4v) is 8.85. The van der Waals surface area contributed by atoms with Gasteiger partial charge in [0, 0.05) is 0 Å². The standard InChI is InChI=1S/C18H16F6O.2C14H14O2S/c1-10-4-5-13(8-11(10)2)16(17(19,20)21,18(22,23)24)14-6-7-15(25)12(3)9-14;1-11-3-7-13(8-4-11)17(15,16)14-9-5-12(2)6-10-14;1-11-5-3-7-13(9-11)17(15,16)14-8-4-6-12(2)10-14/h4-9,25H,1-3H3;2*3-10H,1-2H3. The fraction of sp³-hybridized carbons (Fsp3) is 0.217. The van der Waals surface area contributed by atoms with E-state index in [-0.39, 0.29) is 11.3 Å². The van der Waals surface area contributed by atoms with Crippen LogP contribution in [0.2, 0.25) is 0 Å². The molecule has 0 saturated carbocycles. The first kappa shape index (κ1) is 46.3. The summed E-state index contributed by atoms with van der Waals surface area (Å²) in [5.74, 6) is -0.373. The molecule has 0 radical (unpaired) electrons. The van der Waals surface area contributed by atoms with Gasteiger partial charge >= 0.3 is 12.4 Å². The highest BCUT2D eigenvalue weighted by Crippen LogP contribution is 2.56. The average molecular weight is 855 g/mol. The number of benzene rings is 6. The van der Waals surface area contributed by atoms with Gasteiger partial charge in [-0.15, -0.1) is 0 Å². The predicted molar refractivity (Wildman–Crippen MR) is 217 cm³/mol. The third-order valence-electron chi connectivity index (χ3n) is 9.68. The van der Waals surface area contributed by atoms with E-state index in [1.165, 1.54) is 19.9 Å². The van der Waals surface area contributed by atoms with E-state index >= 15 is 0 Å². The Hall–Kier alpha value is -5.40. The molecule has 0 bridgehead atoms. The largest absolute Gasteiger partial charge is 0.508 e. The lowest BCUT2D eigenvalue weighted by molar-refractivity contribution is -0.288. The number of hydrogen-bond acceptors (Lipinski definition) is 5. The third-order valence-corrected chi connectivity index (χ3v) is 13.2. The summed E-state index contributed by atoms with van der Waals surface area (Å²) >= 11 is 0. The van der Waals surface area contributed by atoms with Crippen molar-refractivity contribution >= 4 is 19.7 Å². The Bertz CT molecular complexity index is 2460. The monoisotopic (exact) mass is 854 g/mol. The Morgan fingerprint density at radius 3 is 1.12 bits per heavy atom. The van der Waals surface area contributed by atoms with Crippen LogP contribution >= 0.6 is 0 Å². The van der Waals surface area contributed by atoms with Crippen LogP contribution in [-0.2, 0) is 25.1 Å². The van der Waals surface area contributed by atoms with Gasteiger partial charge < -0.3 is 5.11 Å². The molecule has 59 heavy (non-hydrogen) atoms. The van der Waals surface area contributed by atoms with Crippen molar-refractivity contribution in [2.75, 3.05) is 0 Å². The van der Waals surface area contributed by atoms with Crippen LogP contribution < -0.4 is 0 Å². The smallest absolute Gasteiger partial charge is 0.411 e. The molecular weight excluding hydrogens is 811 g/mol. The van der Waals surface area contributed by atoms with Crippen LogP contribution in [0.5, 0.6) is 5.75 Å². The van der Waals surface area contributed by atoms with Gasteiger partial charge in [-0.3, -0.25) is 0 Å². The molecule has 0 spiro atoms. The lowest BCUT2D eigenvalue weighted by Crippen LogP contribution is -2.54. The van der Waals surface area contributed by atoms with E-state index in [9.17, 15) is 48.3 Å². The van der Waals surface area contributed by atoms with Crippen molar-refractivity contribution in [3.05, 3.63) is 184 Å². The molecule has 0 aliphatic rings. The van der Waals surface area contributed by atoms with Gasteiger partial charge in [-0.1, -0.05) is 90.0 Å². The van der Waals surface area contributed by atoms with Gasteiger partial charge in [-0.05, 0) is 142 Å². The van der Waals surface area contributed by atoms with E-state index < -0.39 is 48.6 Å². The molecule has 0 unspecified atom stereocenters. The second kappa shape index (κ2) is 17.8. The van der Waals surface area contributed by atoms with Gasteiger partial charge in [0.05, 0.1) is 19.6 Å². The highest BCUT2D eigenvalue weighted by atomic mass is 32.2. The summed E-state index contributed by atoms with van der Waals surface area (Å²) in [4.78, 5) is 1.38. The molecule has 0 heterocycles. The van der Waals surface area contributed by atoms with Gasteiger partial charge in [-0.2, -0.15) is 26.3 Å². The molecule has 0 aliphatic heterocycles. The quantitative estimate of drug-likeness (QED) is 0.169. The molecule has 5 nitrogen and oxygen atoms in total. The Labute approximate surface area is 341 Å². The average Bonchev–Trinajstić information content (AvgIpc) is 3.14. The number of alkyl halides is 6. The molecule has 312 valence electrons. The topological polar surface area (TPSA) is 88.5 Å². The highest BCUT2D eigenvalue weighted by molar-refractivity contribution is 7.91. The summed E-state index contributed by atoms with van der Waals surface area (Å²) in [6.07, 6.45) is -11.3. The summed E-state index contributed by atoms with van der Waals surface area (Å²) in [6, 6.07) is 33.0. The Morgan fingerprint density at radius 2 is 0.763 bits per heavy atom. The minimum Gasteiger partial charge on any atom is -0.508 e. The maximum Gasteiger partial charge on any atom is 0.411 e. The van der Waals surface area contributed by atoms with Crippen molar-refractivity contribution in [1.29, 1.82) is 0 Å². The van der Waals surface area contributed by atoms with E-state index in [2.05, 4.69) is 0 Å². The maximum atomic E-state index is 13.9. The zero-order valence-corrected chi connectivity index (χ0v) is 35.0. The second-order valence-electron chi connectivity index (χ2n) is 14.3. The highest BCUT2D eigenvalue weighted by Gasteiger charge is 2.72. The number of rotatable bonds is 6. The molecule has 0 amide bonds. The van der Waals surface area contributed by atoms with Gasteiger partial charge in [0.1, 0.15) is 5.75 Å². The maximum absolute atomic E-state index is 13.9. The van der Waals surface area contributed by atoms with E-state index in [1.807, 2.05) is 39.8 Å². The third kappa shape index (κ3) is 10.3. The number of hydrogen-bond donors (Lipinski definition) is 1. The lowest BCUT2D eigenvalue weighted by Gasteiger charge is -2.38. The second-order valence-corrected chi connectivity index (χ2v) is 18.2. The van der Waals surface area contributed by atoms with Crippen LogP contribution in [0.4, 0.5) is 26.3 Å². The first-order valence-corrected chi connectivity index (χ1v) is 21.1. The van der Waals surface area contributed by atoms with Crippen molar-refractivity contribution in [3.8, 4) is 5.75 Å². The number of halogens is 6. The van der Waals surface area contributed by atoms with Crippen LogP contribution in [0, 0.1) is 48.5 Å². The van der Waals surface area contributed by atoms with Gasteiger partial charge in [-0.25, -0.2) is 16.8 Å². The summed E-state index contributed by atoms with van der Waals surface area (Å²) in [6.45, 7) is 11.9. The number of aryl methyl sites for hydroxylation is 7. The molecule has 0 atom stereocenters. The Kier molecular flexibility index (Phi) is 14.0. The minimum atomic E-state index is -5.63. The van der Waals surface area contributed by atoms with Gasteiger partial charge in [0.15, 0.2) is 0 Å². The molecule has 6 aromatic rings. The molecule has 0 saturated heterocycles. The van der Waals surface area contributed by atoms with Crippen molar-refractivity contribution in [2.24, 2.45) is 0 Å². The SMILES string of the molecule is Cc1ccc(C(c2ccc(O)c(C)c2)(C(F)(F)F)C(F)(F)F)cc1C.Cc1ccc(S(=O)(=O)c2ccc(C)cc2)cc1.Cc1cccc(S(=O)(=O)c2cccc(C)c2)c1. The number of phenols is 1. The first-order valence-electron chi connectivity index (χ1n) is 18.1. The number of sulfone groups is 2. The molecular formula is C46H44F6O5S2. The fourth-order valence-electron chi connectivity index (χ4n) is 6.12. The van der Waals surface area contributed by atoms with Crippen molar-refractivity contribution in [2.45, 2.75) is 85.8 Å². The first-order chi connectivity index (χ1) is 27.3. The van der Waals surface area contributed by atoms with Crippen molar-refractivity contribution in [3.63, 3.8) is 0 Å². The molecule has 0 fully saturated rings. The van der Waals surface area contributed by atoms with Gasteiger partial charge in [0.2, 0.25) is 25.1 Å². The summed E-state index contributed by atoms with van der Waals surface area (Å²) in [7, 11) is -6.76. The lowest BCUT2D eigenvalue weighted by atomic mass is 9.72. The predicted octanol–water partition coefficient (Wildman–Crippen LogP) is 12.0. The molecule has 13 heteroatoms. The van der Waals surface area contributed by atoms with Crippen molar-refractivity contribution < 1.29 is 48.3 Å². The van der Waals surface area contributed by atoms with E-state index in [4.69, 9.17) is 0 Å². The summed E-state index contributed by atoms with van der Waals surface area (Å²) in [5, 5.41) is 9.50. The molecule has 0 aromatic heterocycles. The number of phenolic OH excluding ortho intramolecular Hbond substituents is 1. The van der Waals surface area contributed by atoms with E-state index in [1.54, 1.807) is 91.9 Å². The molecule has 1 N–H and O–H groups in total. The van der Waals surface area contributed by atoms with Gasteiger partial charge in [0.25, 0.3) is 0 Å². The van der Waals surface area contributed by atoms with Crippen LogP contribution in [0.15, 0.2) is 153 Å². The van der Waals surface area contributed by atoms with E-state index in [0.29, 0.717) is 36.8 Å². The Balaban J connectivity index is 0.000000201. The number of aromatic hydroxyl groups is 1. The minimum absolute atomic E-state index is 0.0702. The van der Waals surface area contributed by atoms with Crippen LogP contribution in [0.3, 0.4) is 0 Å². The van der Waals surface area contributed by atoms with Crippen LogP contribution in [0.1, 0.15) is 50.1 Å². The zero-order chi connectivity index (χ0) is 44.1. The molecule has 6 rings (SSSR count). The van der Waals surface area contributed by atoms with Crippen LogP contribution in [-0.4, -0.2) is 34.3 Å². The van der Waals surface area contributed by atoms with E-state index in [0.717, 1.165) is 46.5 Å². The van der Waals surface area contributed by atoms with Crippen LogP contribution in [0.25, 0.3) is 0 Å². The molecule has 0 aliphatic carbocycles.